The number of carbonyl (C=O) groups excluding carboxylic acids is 1. The largest absolute Gasteiger partial charge is 0.354 e. The van der Waals surface area contributed by atoms with Gasteiger partial charge in [-0.3, -0.25) is 4.79 Å². The van der Waals surface area contributed by atoms with Crippen molar-refractivity contribution in [2.45, 2.75) is 31.7 Å². The number of amides is 1. The van der Waals surface area contributed by atoms with Gasteiger partial charge in [0.15, 0.2) is 5.82 Å². The highest BCUT2D eigenvalue weighted by Crippen LogP contribution is 2.37. The van der Waals surface area contributed by atoms with E-state index >= 15 is 0 Å². The predicted molar refractivity (Wildman–Crippen MR) is 63.6 cm³/mol. The van der Waals surface area contributed by atoms with Gasteiger partial charge in [-0.25, -0.2) is 0 Å². The molecule has 0 spiro atoms. The van der Waals surface area contributed by atoms with Crippen LogP contribution < -0.4 is 10.6 Å². The zero-order valence-electron chi connectivity index (χ0n) is 10.3. The van der Waals surface area contributed by atoms with Gasteiger partial charge in [0.1, 0.15) is 0 Å². The maximum absolute atomic E-state index is 12.1. The fourth-order valence-electron chi connectivity index (χ4n) is 3.18. The van der Waals surface area contributed by atoms with Crippen molar-refractivity contribution in [3.8, 4) is 0 Å². The first-order valence-electron chi connectivity index (χ1n) is 6.61. The molecule has 2 aliphatic rings. The van der Waals surface area contributed by atoms with E-state index < -0.39 is 0 Å². The highest BCUT2D eigenvalue weighted by molar-refractivity contribution is 5.82. The lowest BCUT2D eigenvalue weighted by atomic mass is 9.93. The molecule has 6 heteroatoms. The van der Waals surface area contributed by atoms with Crippen LogP contribution in [0.5, 0.6) is 0 Å². The molecule has 0 bridgehead atoms. The third-order valence-corrected chi connectivity index (χ3v) is 4.08. The summed E-state index contributed by atoms with van der Waals surface area (Å²) >= 11 is 0. The Morgan fingerprint density at radius 3 is 3.33 bits per heavy atom. The van der Waals surface area contributed by atoms with Gasteiger partial charge in [0, 0.05) is 13.0 Å². The Morgan fingerprint density at radius 2 is 2.50 bits per heavy atom. The number of nitrogens with zero attached hydrogens (tertiary/aromatic N) is 2. The van der Waals surface area contributed by atoms with E-state index in [1.54, 1.807) is 0 Å². The van der Waals surface area contributed by atoms with Gasteiger partial charge in [-0.05, 0) is 31.2 Å². The Labute approximate surface area is 106 Å². The smallest absolute Gasteiger partial charge is 0.237 e. The zero-order chi connectivity index (χ0) is 12.4. The molecule has 1 amide bonds. The van der Waals surface area contributed by atoms with E-state index in [2.05, 4.69) is 25.3 Å². The van der Waals surface area contributed by atoms with E-state index in [1.165, 1.54) is 25.7 Å². The summed E-state index contributed by atoms with van der Waals surface area (Å²) in [7, 11) is 0. The summed E-state index contributed by atoms with van der Waals surface area (Å²) in [5.74, 6) is 1.99. The molecular weight excluding hydrogens is 232 g/mol. The summed E-state index contributed by atoms with van der Waals surface area (Å²) in [4.78, 5) is 16.0. The molecule has 3 atom stereocenters. The fourth-order valence-corrected chi connectivity index (χ4v) is 3.18. The molecule has 98 valence electrons. The molecule has 1 aliphatic carbocycles. The van der Waals surface area contributed by atoms with Gasteiger partial charge in [0.05, 0.1) is 6.04 Å². The standard InChI is InChI=1S/C12H18N4O2/c17-12(13-5-4-10-15-7-18-16-10)11-9-3-1-2-8(9)6-14-11/h7-9,11,14H,1-6H2,(H,13,17). The Balaban J connectivity index is 1.47. The summed E-state index contributed by atoms with van der Waals surface area (Å²) < 4.78 is 4.64. The van der Waals surface area contributed by atoms with Gasteiger partial charge in [0.25, 0.3) is 0 Å². The van der Waals surface area contributed by atoms with E-state index in [1.807, 2.05) is 0 Å². The Bertz CT molecular complexity index is 406. The van der Waals surface area contributed by atoms with Crippen LogP contribution in [-0.2, 0) is 11.2 Å². The third-order valence-electron chi connectivity index (χ3n) is 4.08. The van der Waals surface area contributed by atoms with Crippen LogP contribution in [0.4, 0.5) is 0 Å². The molecule has 2 heterocycles. The monoisotopic (exact) mass is 250 g/mol. The molecule has 1 aromatic heterocycles. The van der Waals surface area contributed by atoms with Crippen LogP contribution in [0, 0.1) is 11.8 Å². The Kier molecular flexibility index (Phi) is 3.27. The lowest BCUT2D eigenvalue weighted by molar-refractivity contribution is -0.123. The Morgan fingerprint density at radius 1 is 1.56 bits per heavy atom. The second kappa shape index (κ2) is 5.06. The molecule has 1 aromatic rings. The summed E-state index contributed by atoms with van der Waals surface area (Å²) in [6.45, 7) is 1.56. The normalized spacial score (nSPS) is 30.3. The SMILES string of the molecule is O=C(NCCc1ncon1)C1NCC2CCCC21. The molecular formula is C12H18N4O2. The van der Waals surface area contributed by atoms with E-state index in [0.717, 1.165) is 6.54 Å². The van der Waals surface area contributed by atoms with Crippen LogP contribution in [-0.4, -0.2) is 35.2 Å². The Hall–Kier alpha value is -1.43. The highest BCUT2D eigenvalue weighted by Gasteiger charge is 2.42. The minimum absolute atomic E-state index is 0.00256. The van der Waals surface area contributed by atoms with Crippen LogP contribution in [0.1, 0.15) is 25.1 Å². The zero-order valence-corrected chi connectivity index (χ0v) is 10.3. The molecule has 0 aromatic carbocycles. The van der Waals surface area contributed by atoms with Crippen molar-refractivity contribution in [2.24, 2.45) is 11.8 Å². The van der Waals surface area contributed by atoms with Gasteiger partial charge in [-0.15, -0.1) is 0 Å². The third kappa shape index (κ3) is 2.25. The van der Waals surface area contributed by atoms with E-state index in [4.69, 9.17) is 0 Å². The number of hydrogen-bond donors (Lipinski definition) is 2. The van der Waals surface area contributed by atoms with Crippen molar-refractivity contribution in [3.05, 3.63) is 12.2 Å². The predicted octanol–water partition coefficient (Wildman–Crippen LogP) is 0.116. The first-order chi connectivity index (χ1) is 8.84. The van der Waals surface area contributed by atoms with Gasteiger partial charge >= 0.3 is 0 Å². The van der Waals surface area contributed by atoms with Crippen molar-refractivity contribution in [3.63, 3.8) is 0 Å². The molecule has 3 rings (SSSR count). The summed E-state index contributed by atoms with van der Waals surface area (Å²) in [5.41, 5.74) is 0. The first-order valence-corrected chi connectivity index (χ1v) is 6.61. The average Bonchev–Trinajstić information content (AvgIpc) is 3.05. The lowest BCUT2D eigenvalue weighted by Gasteiger charge is -2.17. The van der Waals surface area contributed by atoms with Crippen molar-refractivity contribution >= 4 is 5.91 Å². The van der Waals surface area contributed by atoms with Crippen LogP contribution in [0.2, 0.25) is 0 Å². The molecule has 0 radical (unpaired) electrons. The minimum atomic E-state index is 0.00256. The van der Waals surface area contributed by atoms with Crippen molar-refractivity contribution in [1.82, 2.24) is 20.8 Å². The summed E-state index contributed by atoms with van der Waals surface area (Å²) in [6.07, 6.45) is 5.64. The molecule has 3 unspecified atom stereocenters. The van der Waals surface area contributed by atoms with Crippen molar-refractivity contribution in [1.29, 1.82) is 0 Å². The molecule has 1 aliphatic heterocycles. The maximum Gasteiger partial charge on any atom is 0.237 e. The molecule has 18 heavy (non-hydrogen) atoms. The minimum Gasteiger partial charge on any atom is -0.354 e. The van der Waals surface area contributed by atoms with Gasteiger partial charge in [-0.2, -0.15) is 4.98 Å². The van der Waals surface area contributed by atoms with Crippen LogP contribution in [0.15, 0.2) is 10.9 Å². The molecule has 2 N–H and O–H groups in total. The van der Waals surface area contributed by atoms with Gasteiger partial charge in [-0.1, -0.05) is 11.6 Å². The molecule has 1 saturated carbocycles. The highest BCUT2D eigenvalue weighted by atomic mass is 16.5. The topological polar surface area (TPSA) is 80.1 Å². The van der Waals surface area contributed by atoms with Crippen LogP contribution in [0.3, 0.4) is 0 Å². The summed E-state index contributed by atoms with van der Waals surface area (Å²) in [5, 5.41) is 10.0. The van der Waals surface area contributed by atoms with Gasteiger partial charge in [0.2, 0.25) is 12.3 Å². The number of carbonyl (C=O) groups is 1. The van der Waals surface area contributed by atoms with E-state index in [0.29, 0.717) is 30.6 Å². The quantitative estimate of drug-likeness (QED) is 0.793. The number of nitrogens with one attached hydrogen (secondary N) is 2. The van der Waals surface area contributed by atoms with E-state index in [9.17, 15) is 4.79 Å². The van der Waals surface area contributed by atoms with E-state index in [-0.39, 0.29) is 11.9 Å². The fraction of sp³-hybridized carbons (Fsp3) is 0.750. The molecule has 2 fully saturated rings. The second-order valence-corrected chi connectivity index (χ2v) is 5.13. The van der Waals surface area contributed by atoms with Crippen molar-refractivity contribution < 1.29 is 9.32 Å². The lowest BCUT2D eigenvalue weighted by Crippen LogP contribution is -2.44. The molecule has 1 saturated heterocycles. The van der Waals surface area contributed by atoms with Gasteiger partial charge < -0.3 is 15.2 Å². The second-order valence-electron chi connectivity index (χ2n) is 5.13. The number of fused-ring (bicyclic) bond motifs is 1. The maximum atomic E-state index is 12.1. The summed E-state index contributed by atoms with van der Waals surface area (Å²) in [6, 6.07) is 0.00256. The van der Waals surface area contributed by atoms with Crippen LogP contribution >= 0.6 is 0 Å². The first kappa shape index (κ1) is 11.6. The number of rotatable bonds is 4. The number of aromatic nitrogens is 2. The number of hydrogen-bond acceptors (Lipinski definition) is 5. The van der Waals surface area contributed by atoms with Crippen LogP contribution in [0.25, 0.3) is 0 Å². The van der Waals surface area contributed by atoms with Crippen molar-refractivity contribution in [2.75, 3.05) is 13.1 Å². The average molecular weight is 250 g/mol. The molecule has 6 nitrogen and oxygen atoms in total.